The second-order valence-corrected chi connectivity index (χ2v) is 7.59. The Hall–Kier alpha value is -3.06. The van der Waals surface area contributed by atoms with Crippen LogP contribution in [0.3, 0.4) is 0 Å². The van der Waals surface area contributed by atoms with Crippen LogP contribution >= 0.6 is 11.6 Å². The molecule has 0 fully saturated rings. The van der Waals surface area contributed by atoms with Crippen LogP contribution in [-0.2, 0) is 4.79 Å². The van der Waals surface area contributed by atoms with Crippen molar-refractivity contribution in [3.8, 4) is 11.4 Å². The van der Waals surface area contributed by atoms with Crippen molar-refractivity contribution in [1.29, 1.82) is 0 Å². The van der Waals surface area contributed by atoms with E-state index in [9.17, 15) is 14.4 Å². The number of aromatic nitrogens is 2. The third-order valence-electron chi connectivity index (χ3n) is 5.13. The summed E-state index contributed by atoms with van der Waals surface area (Å²) < 4.78 is 7.58. The van der Waals surface area contributed by atoms with Crippen LogP contribution in [-0.4, -0.2) is 28.2 Å². The quantitative estimate of drug-likeness (QED) is 0.651. The van der Waals surface area contributed by atoms with Gasteiger partial charge in [0.15, 0.2) is 0 Å². The molecule has 0 radical (unpaired) electrons. The molecule has 3 rings (SSSR count). The Labute approximate surface area is 178 Å². The molecule has 1 heterocycles. The fraction of sp³-hybridized carbons (Fsp3) is 0.318. The lowest BCUT2D eigenvalue weighted by molar-refractivity contribution is -0.124. The molecule has 158 valence electrons. The van der Waals surface area contributed by atoms with Crippen LogP contribution in [0, 0.1) is 0 Å². The Kier molecular flexibility index (Phi) is 6.31. The van der Waals surface area contributed by atoms with Gasteiger partial charge in [0.05, 0.1) is 23.7 Å². The first-order valence-corrected chi connectivity index (χ1v) is 10.1. The fourth-order valence-electron chi connectivity index (χ4n) is 3.24. The van der Waals surface area contributed by atoms with Gasteiger partial charge in [-0.25, -0.2) is 9.36 Å². The highest BCUT2D eigenvalue weighted by Gasteiger charge is 2.23. The van der Waals surface area contributed by atoms with Gasteiger partial charge in [0, 0.05) is 17.1 Å². The van der Waals surface area contributed by atoms with Crippen LogP contribution in [0.2, 0.25) is 5.02 Å². The molecule has 0 aliphatic rings. The summed E-state index contributed by atoms with van der Waals surface area (Å²) in [4.78, 5) is 39.5. The zero-order chi connectivity index (χ0) is 22.0. The van der Waals surface area contributed by atoms with Crippen molar-refractivity contribution in [3.05, 3.63) is 68.3 Å². The highest BCUT2D eigenvalue weighted by molar-refractivity contribution is 6.31. The van der Waals surface area contributed by atoms with Crippen molar-refractivity contribution in [1.82, 2.24) is 14.5 Å². The molecule has 8 heteroatoms. The fourth-order valence-corrected chi connectivity index (χ4v) is 3.40. The first-order valence-electron chi connectivity index (χ1n) is 9.70. The van der Waals surface area contributed by atoms with Crippen molar-refractivity contribution in [2.45, 2.75) is 39.3 Å². The minimum absolute atomic E-state index is 0.0465. The van der Waals surface area contributed by atoms with E-state index >= 15 is 0 Å². The molecular formula is C22H24ClN3O4. The monoisotopic (exact) mass is 429 g/mol. The molecule has 30 heavy (non-hydrogen) atoms. The summed E-state index contributed by atoms with van der Waals surface area (Å²) in [6.45, 7) is 5.47. The molecule has 2 atom stereocenters. The maximum Gasteiger partial charge on any atom is 0.336 e. The van der Waals surface area contributed by atoms with Gasteiger partial charge in [-0.1, -0.05) is 24.6 Å². The number of benzene rings is 2. The van der Waals surface area contributed by atoms with Gasteiger partial charge >= 0.3 is 5.69 Å². The summed E-state index contributed by atoms with van der Waals surface area (Å²) in [5, 5.41) is 3.53. The minimum Gasteiger partial charge on any atom is -0.497 e. The molecule has 1 amide bonds. The highest BCUT2D eigenvalue weighted by atomic mass is 35.5. The third-order valence-corrected chi connectivity index (χ3v) is 5.36. The Morgan fingerprint density at radius 1 is 1.17 bits per heavy atom. The van der Waals surface area contributed by atoms with E-state index in [-0.39, 0.29) is 17.3 Å². The molecule has 0 unspecified atom stereocenters. The molecule has 0 aliphatic carbocycles. The SMILES string of the molecule is CC[C@H](C)NC(=O)[C@@H](C)n1c(=O)n(-c2cccc(OC)c2)c(=O)c2ccc(Cl)cc21. The Morgan fingerprint density at radius 2 is 1.90 bits per heavy atom. The summed E-state index contributed by atoms with van der Waals surface area (Å²) in [6, 6.07) is 10.4. The number of hydrogen-bond donors (Lipinski definition) is 1. The number of carbonyl (C=O) groups excluding carboxylic acids is 1. The molecule has 0 spiro atoms. The van der Waals surface area contributed by atoms with Gasteiger partial charge in [0.1, 0.15) is 11.8 Å². The average Bonchev–Trinajstić information content (AvgIpc) is 2.73. The van der Waals surface area contributed by atoms with Gasteiger partial charge in [0.2, 0.25) is 5.91 Å². The largest absolute Gasteiger partial charge is 0.497 e. The number of rotatable bonds is 6. The van der Waals surface area contributed by atoms with Crippen molar-refractivity contribution in [2.75, 3.05) is 7.11 Å². The molecule has 1 aromatic heterocycles. The Bertz CT molecular complexity index is 1220. The lowest BCUT2D eigenvalue weighted by atomic mass is 10.2. The van der Waals surface area contributed by atoms with E-state index in [0.717, 1.165) is 11.0 Å². The maximum atomic E-state index is 13.5. The Balaban J connectivity index is 2.32. The van der Waals surface area contributed by atoms with Crippen molar-refractivity contribution in [3.63, 3.8) is 0 Å². The van der Waals surface area contributed by atoms with E-state index in [1.807, 2.05) is 13.8 Å². The summed E-state index contributed by atoms with van der Waals surface area (Å²) in [5.41, 5.74) is -0.464. The van der Waals surface area contributed by atoms with E-state index in [1.165, 1.54) is 17.7 Å². The number of carbonyl (C=O) groups is 1. The third kappa shape index (κ3) is 3.98. The van der Waals surface area contributed by atoms with E-state index in [4.69, 9.17) is 16.3 Å². The Morgan fingerprint density at radius 3 is 2.57 bits per heavy atom. The average molecular weight is 430 g/mol. The number of halogens is 1. The van der Waals surface area contributed by atoms with Gasteiger partial charge in [-0.3, -0.25) is 14.2 Å². The molecule has 0 aliphatic heterocycles. The van der Waals surface area contributed by atoms with Gasteiger partial charge in [-0.2, -0.15) is 0 Å². The van der Waals surface area contributed by atoms with Gasteiger partial charge in [0.25, 0.3) is 5.56 Å². The predicted octanol–water partition coefficient (Wildman–Crippen LogP) is 3.29. The molecule has 0 saturated heterocycles. The highest BCUT2D eigenvalue weighted by Crippen LogP contribution is 2.20. The maximum absolute atomic E-state index is 13.5. The zero-order valence-corrected chi connectivity index (χ0v) is 18.1. The first kappa shape index (κ1) is 21.6. The number of amides is 1. The number of ether oxygens (including phenoxy) is 1. The lowest BCUT2D eigenvalue weighted by Gasteiger charge is -2.21. The second kappa shape index (κ2) is 8.75. The zero-order valence-electron chi connectivity index (χ0n) is 17.3. The first-order chi connectivity index (χ1) is 14.3. The topological polar surface area (TPSA) is 82.3 Å². The summed E-state index contributed by atoms with van der Waals surface area (Å²) >= 11 is 6.14. The number of nitrogens with one attached hydrogen (secondary N) is 1. The van der Waals surface area contributed by atoms with E-state index in [1.54, 1.807) is 43.3 Å². The molecule has 0 saturated carbocycles. The molecule has 2 aromatic carbocycles. The van der Waals surface area contributed by atoms with Gasteiger partial charge in [-0.15, -0.1) is 0 Å². The normalized spacial score (nSPS) is 13.1. The molecule has 3 aromatic rings. The number of hydrogen-bond acceptors (Lipinski definition) is 4. The van der Waals surface area contributed by atoms with Crippen LogP contribution in [0.15, 0.2) is 52.1 Å². The number of fused-ring (bicyclic) bond motifs is 1. The molecule has 1 N–H and O–H groups in total. The minimum atomic E-state index is -0.857. The van der Waals surface area contributed by atoms with Gasteiger partial charge in [-0.05, 0) is 50.6 Å². The van der Waals surface area contributed by atoms with Crippen molar-refractivity contribution >= 4 is 28.4 Å². The van der Waals surface area contributed by atoms with Crippen molar-refractivity contribution < 1.29 is 9.53 Å². The predicted molar refractivity (Wildman–Crippen MR) is 118 cm³/mol. The molecule has 7 nitrogen and oxygen atoms in total. The van der Waals surface area contributed by atoms with Crippen molar-refractivity contribution in [2.24, 2.45) is 0 Å². The van der Waals surface area contributed by atoms with Crippen LogP contribution < -0.4 is 21.3 Å². The van der Waals surface area contributed by atoms with E-state index in [2.05, 4.69) is 5.32 Å². The number of methoxy groups -OCH3 is 1. The summed E-state index contributed by atoms with van der Waals surface area (Å²) in [5.74, 6) is 0.188. The smallest absolute Gasteiger partial charge is 0.336 e. The number of nitrogens with zero attached hydrogens (tertiary/aromatic N) is 2. The standard InChI is InChI=1S/C22H24ClN3O4/c1-5-13(2)24-20(27)14(3)25-19-11-15(23)9-10-18(19)21(28)26(22(25)29)16-7-6-8-17(12-16)30-4/h6-14H,5H2,1-4H3,(H,24,27)/t13-,14+/m0/s1. The lowest BCUT2D eigenvalue weighted by Crippen LogP contribution is -2.45. The summed E-state index contributed by atoms with van der Waals surface area (Å²) in [6.07, 6.45) is 0.753. The molecule has 0 bridgehead atoms. The van der Waals surface area contributed by atoms with Crippen LogP contribution in [0.25, 0.3) is 16.6 Å². The molecular weight excluding hydrogens is 406 g/mol. The summed E-state index contributed by atoms with van der Waals surface area (Å²) in [7, 11) is 1.50. The van der Waals surface area contributed by atoms with Crippen LogP contribution in [0.4, 0.5) is 0 Å². The van der Waals surface area contributed by atoms with Crippen LogP contribution in [0.5, 0.6) is 5.75 Å². The van der Waals surface area contributed by atoms with E-state index in [0.29, 0.717) is 22.0 Å². The van der Waals surface area contributed by atoms with Gasteiger partial charge < -0.3 is 10.1 Å². The van der Waals surface area contributed by atoms with Crippen LogP contribution in [0.1, 0.15) is 33.2 Å². The van der Waals surface area contributed by atoms with E-state index < -0.39 is 17.3 Å². The second-order valence-electron chi connectivity index (χ2n) is 7.15.